The van der Waals surface area contributed by atoms with E-state index in [9.17, 15) is 8.42 Å². The fraction of sp³-hybridized carbons (Fsp3) is 0.538. The largest absolute Gasteiger partial charge is 0.399 e. The molecular weight excluding hydrogens is 296 g/mol. The number of anilines is 1. The first-order chi connectivity index (χ1) is 9.49. The van der Waals surface area contributed by atoms with Crippen molar-refractivity contribution in [2.75, 3.05) is 37.0 Å². The molecule has 112 valence electrons. The first-order valence-corrected chi connectivity index (χ1v) is 9.14. The minimum Gasteiger partial charge on any atom is -0.399 e. The highest BCUT2D eigenvalue weighted by Gasteiger charge is 2.29. The summed E-state index contributed by atoms with van der Waals surface area (Å²) in [5.74, 6) is 0.683. The molecule has 0 aromatic heterocycles. The average molecular weight is 316 g/mol. The van der Waals surface area contributed by atoms with E-state index in [1.54, 1.807) is 4.31 Å². The molecule has 0 radical (unpaired) electrons. The molecule has 0 unspecified atom stereocenters. The summed E-state index contributed by atoms with van der Waals surface area (Å²) in [5, 5.41) is 0. The lowest BCUT2D eigenvalue weighted by Gasteiger charge is -2.32. The number of nitrogens with two attached hydrogens (primary N) is 1. The van der Waals surface area contributed by atoms with E-state index < -0.39 is 10.0 Å². The zero-order valence-electron chi connectivity index (χ0n) is 11.5. The Labute approximate surface area is 124 Å². The number of hydrogen-bond acceptors (Lipinski definition) is 5. The number of rotatable bonds is 5. The summed E-state index contributed by atoms with van der Waals surface area (Å²) in [5.41, 5.74) is 6.33. The monoisotopic (exact) mass is 316 g/mol. The van der Waals surface area contributed by atoms with Crippen molar-refractivity contribution in [2.45, 2.75) is 17.9 Å². The Kier molecular flexibility index (Phi) is 5.31. The van der Waals surface area contributed by atoms with Gasteiger partial charge in [-0.05, 0) is 31.2 Å². The van der Waals surface area contributed by atoms with E-state index in [2.05, 4.69) is 0 Å². The molecule has 20 heavy (non-hydrogen) atoms. The quantitative estimate of drug-likeness (QED) is 0.657. The van der Waals surface area contributed by atoms with E-state index in [0.717, 1.165) is 4.90 Å². The molecule has 0 bridgehead atoms. The fourth-order valence-electron chi connectivity index (χ4n) is 2.07. The van der Waals surface area contributed by atoms with Gasteiger partial charge in [0.15, 0.2) is 0 Å². The number of ether oxygens (including phenoxy) is 1. The van der Waals surface area contributed by atoms with E-state index in [1.807, 2.05) is 31.2 Å². The first-order valence-electron chi connectivity index (χ1n) is 6.54. The lowest BCUT2D eigenvalue weighted by atomic mass is 10.3. The van der Waals surface area contributed by atoms with Crippen molar-refractivity contribution in [1.29, 1.82) is 0 Å². The fourth-order valence-corrected chi connectivity index (χ4v) is 5.01. The topological polar surface area (TPSA) is 72.6 Å². The molecular formula is C13H20N2O3S2. The summed E-state index contributed by atoms with van der Waals surface area (Å²) in [6, 6.07) is 7.38. The Hall–Kier alpha value is -0.760. The van der Waals surface area contributed by atoms with Gasteiger partial charge in [0.2, 0.25) is 10.0 Å². The third-order valence-corrected chi connectivity index (χ3v) is 6.40. The van der Waals surface area contributed by atoms with Crippen molar-refractivity contribution < 1.29 is 13.2 Å². The maximum absolute atomic E-state index is 12.3. The molecule has 1 atom stereocenters. The molecule has 5 nitrogen and oxygen atoms in total. The summed E-state index contributed by atoms with van der Waals surface area (Å²) in [4.78, 5) is 1.03. The van der Waals surface area contributed by atoms with Gasteiger partial charge in [-0.1, -0.05) is 0 Å². The molecule has 1 fully saturated rings. The van der Waals surface area contributed by atoms with Gasteiger partial charge in [0.1, 0.15) is 0 Å². The van der Waals surface area contributed by atoms with Crippen molar-refractivity contribution in [1.82, 2.24) is 4.31 Å². The Morgan fingerprint density at radius 1 is 1.40 bits per heavy atom. The Bertz CT molecular complexity index is 531. The maximum atomic E-state index is 12.3. The molecule has 1 saturated heterocycles. The highest BCUT2D eigenvalue weighted by molar-refractivity contribution is 8.00. The number of thioether (sulfide) groups is 1. The van der Waals surface area contributed by atoms with Gasteiger partial charge in [-0.15, -0.1) is 11.8 Å². The van der Waals surface area contributed by atoms with Crippen LogP contribution in [-0.4, -0.2) is 50.0 Å². The minimum atomic E-state index is -3.20. The van der Waals surface area contributed by atoms with Gasteiger partial charge in [0.25, 0.3) is 0 Å². The van der Waals surface area contributed by atoms with Gasteiger partial charge in [0.05, 0.1) is 19.0 Å². The van der Waals surface area contributed by atoms with Crippen LogP contribution in [0.1, 0.15) is 6.92 Å². The minimum absolute atomic E-state index is 0.0738. The molecule has 2 N–H and O–H groups in total. The summed E-state index contributed by atoms with van der Waals surface area (Å²) in [6.07, 6.45) is 0. The smallest absolute Gasteiger partial charge is 0.215 e. The second-order valence-corrected chi connectivity index (χ2v) is 7.98. The third-order valence-electron chi connectivity index (χ3n) is 3.15. The van der Waals surface area contributed by atoms with Crippen molar-refractivity contribution in [2.24, 2.45) is 0 Å². The molecule has 0 aliphatic carbocycles. The van der Waals surface area contributed by atoms with Gasteiger partial charge >= 0.3 is 0 Å². The molecule has 1 aliphatic rings. The van der Waals surface area contributed by atoms with Gasteiger partial charge in [-0.3, -0.25) is 0 Å². The molecule has 1 aromatic rings. The van der Waals surface area contributed by atoms with Gasteiger partial charge < -0.3 is 10.5 Å². The Balaban J connectivity index is 1.87. The van der Waals surface area contributed by atoms with Crippen LogP contribution >= 0.6 is 11.8 Å². The van der Waals surface area contributed by atoms with Crippen molar-refractivity contribution in [3.8, 4) is 0 Å². The van der Waals surface area contributed by atoms with Crippen LogP contribution in [0.15, 0.2) is 29.2 Å². The lowest BCUT2D eigenvalue weighted by Crippen LogP contribution is -2.48. The van der Waals surface area contributed by atoms with E-state index in [4.69, 9.17) is 10.5 Å². The molecule has 2 rings (SSSR count). The van der Waals surface area contributed by atoms with Crippen LogP contribution in [0, 0.1) is 0 Å². The highest BCUT2D eigenvalue weighted by Crippen LogP contribution is 2.21. The van der Waals surface area contributed by atoms with Crippen molar-refractivity contribution in [3.63, 3.8) is 0 Å². The number of benzene rings is 1. The number of hydrogen-bond donors (Lipinski definition) is 1. The van der Waals surface area contributed by atoms with Crippen LogP contribution in [0.3, 0.4) is 0 Å². The standard InChI is InChI=1S/C13H20N2O3S2/c1-11-10-18-7-6-15(11)20(16,17)9-8-19-13-4-2-12(14)3-5-13/h2-5,11H,6-10,14H2,1H3/t11-/m1/s1. The van der Waals surface area contributed by atoms with Crippen molar-refractivity contribution in [3.05, 3.63) is 24.3 Å². The van der Waals surface area contributed by atoms with E-state index >= 15 is 0 Å². The molecule has 0 spiro atoms. The van der Waals surface area contributed by atoms with Crippen LogP contribution in [-0.2, 0) is 14.8 Å². The van der Waals surface area contributed by atoms with Crippen LogP contribution in [0.5, 0.6) is 0 Å². The summed E-state index contributed by atoms with van der Waals surface area (Å²) in [7, 11) is -3.20. The van der Waals surface area contributed by atoms with Crippen LogP contribution in [0.2, 0.25) is 0 Å². The molecule has 1 aromatic carbocycles. The molecule has 0 saturated carbocycles. The number of nitrogen functional groups attached to an aromatic ring is 1. The number of morpholine rings is 1. The maximum Gasteiger partial charge on any atom is 0.215 e. The number of sulfonamides is 1. The summed E-state index contributed by atoms with van der Waals surface area (Å²) in [6.45, 7) is 3.29. The number of nitrogens with zero attached hydrogens (tertiary/aromatic N) is 1. The first kappa shape index (κ1) is 15.6. The van der Waals surface area contributed by atoms with Gasteiger partial charge in [-0.25, -0.2) is 8.42 Å². The van der Waals surface area contributed by atoms with Crippen LogP contribution < -0.4 is 5.73 Å². The second kappa shape index (κ2) is 6.80. The van der Waals surface area contributed by atoms with Gasteiger partial charge in [-0.2, -0.15) is 4.31 Å². The zero-order chi connectivity index (χ0) is 14.6. The van der Waals surface area contributed by atoms with E-state index in [1.165, 1.54) is 11.8 Å². The van der Waals surface area contributed by atoms with Crippen molar-refractivity contribution >= 4 is 27.5 Å². The average Bonchev–Trinajstić information content (AvgIpc) is 2.41. The predicted octanol–water partition coefficient (Wildman–Crippen LogP) is 1.41. The normalized spacial score (nSPS) is 20.9. The Morgan fingerprint density at radius 3 is 2.75 bits per heavy atom. The molecule has 1 heterocycles. The van der Waals surface area contributed by atoms with E-state index in [0.29, 0.717) is 31.2 Å². The summed E-state index contributed by atoms with van der Waals surface area (Å²) >= 11 is 1.53. The SMILES string of the molecule is C[C@@H]1COCCN1S(=O)(=O)CCSc1ccc(N)cc1. The zero-order valence-corrected chi connectivity index (χ0v) is 13.1. The third kappa shape index (κ3) is 4.12. The Morgan fingerprint density at radius 2 is 2.10 bits per heavy atom. The lowest BCUT2D eigenvalue weighted by molar-refractivity contribution is 0.0393. The summed E-state index contributed by atoms with van der Waals surface area (Å²) < 4.78 is 31.4. The molecule has 7 heteroatoms. The second-order valence-electron chi connectivity index (χ2n) is 4.77. The van der Waals surface area contributed by atoms with E-state index in [-0.39, 0.29) is 11.8 Å². The van der Waals surface area contributed by atoms with Gasteiger partial charge in [0, 0.05) is 28.9 Å². The predicted molar refractivity (Wildman–Crippen MR) is 82.4 cm³/mol. The molecule has 1 aliphatic heterocycles. The van der Waals surface area contributed by atoms with Crippen LogP contribution in [0.4, 0.5) is 5.69 Å². The van der Waals surface area contributed by atoms with Crippen LogP contribution in [0.25, 0.3) is 0 Å². The molecule has 0 amide bonds. The highest BCUT2D eigenvalue weighted by atomic mass is 32.2.